The first-order valence-corrected chi connectivity index (χ1v) is 6.53. The summed E-state index contributed by atoms with van der Waals surface area (Å²) in [4.78, 5) is 0. The molecule has 0 bridgehead atoms. The van der Waals surface area contributed by atoms with Gasteiger partial charge in [-0.1, -0.05) is 18.5 Å². The quantitative estimate of drug-likeness (QED) is 0.764. The highest BCUT2D eigenvalue weighted by Gasteiger charge is 2.15. The fourth-order valence-corrected chi connectivity index (χ4v) is 1.96. The van der Waals surface area contributed by atoms with Crippen LogP contribution in [0.2, 0.25) is 5.02 Å². The molecule has 17 heavy (non-hydrogen) atoms. The highest BCUT2D eigenvalue weighted by molar-refractivity contribution is 6.31. The van der Waals surface area contributed by atoms with Crippen LogP contribution in [0, 0.1) is 6.92 Å². The molecule has 0 saturated heterocycles. The highest BCUT2D eigenvalue weighted by Crippen LogP contribution is 2.21. The summed E-state index contributed by atoms with van der Waals surface area (Å²) in [6.45, 7) is 8.18. The van der Waals surface area contributed by atoms with E-state index in [0.717, 1.165) is 36.0 Å². The van der Waals surface area contributed by atoms with Crippen molar-refractivity contribution in [1.29, 1.82) is 0 Å². The number of hydrogen-bond donors (Lipinski definition) is 1. The number of aryl methyl sites for hydroxylation is 2. The van der Waals surface area contributed by atoms with Gasteiger partial charge in [-0.2, -0.15) is 5.10 Å². The molecule has 1 heterocycles. The molecule has 98 valence electrons. The summed E-state index contributed by atoms with van der Waals surface area (Å²) < 4.78 is 7.35. The van der Waals surface area contributed by atoms with Crippen molar-refractivity contribution in [1.82, 2.24) is 9.78 Å². The van der Waals surface area contributed by atoms with Crippen LogP contribution in [0.4, 0.5) is 0 Å². The lowest BCUT2D eigenvalue weighted by molar-refractivity contribution is 0.121. The Balaban J connectivity index is 2.60. The Morgan fingerprint density at radius 1 is 1.47 bits per heavy atom. The van der Waals surface area contributed by atoms with Crippen molar-refractivity contribution < 1.29 is 4.74 Å². The summed E-state index contributed by atoms with van der Waals surface area (Å²) in [5, 5.41) is 5.10. The van der Waals surface area contributed by atoms with Crippen LogP contribution in [-0.2, 0) is 17.7 Å². The number of nitrogens with two attached hydrogens (primary N) is 1. The van der Waals surface area contributed by atoms with E-state index in [1.807, 2.05) is 18.5 Å². The van der Waals surface area contributed by atoms with Crippen molar-refractivity contribution in [3.63, 3.8) is 0 Å². The van der Waals surface area contributed by atoms with Gasteiger partial charge in [0.2, 0.25) is 0 Å². The van der Waals surface area contributed by atoms with Crippen LogP contribution in [0.3, 0.4) is 0 Å². The van der Waals surface area contributed by atoms with E-state index in [0.29, 0.717) is 13.0 Å². The molecule has 1 aromatic heterocycles. The summed E-state index contributed by atoms with van der Waals surface area (Å²) >= 11 is 6.22. The third kappa shape index (κ3) is 3.98. The maximum atomic E-state index is 6.22. The van der Waals surface area contributed by atoms with Crippen LogP contribution >= 0.6 is 11.6 Å². The van der Waals surface area contributed by atoms with E-state index < -0.39 is 0 Å². The molecular weight excluding hydrogens is 238 g/mol. The SMILES string of the molecule is CCCOCC(N)Cc1c(Cl)c(C)nn1CC. The molecule has 2 N–H and O–H groups in total. The minimum atomic E-state index is -0.0274. The van der Waals surface area contributed by atoms with E-state index in [1.54, 1.807) is 0 Å². The third-order valence-electron chi connectivity index (χ3n) is 2.59. The Morgan fingerprint density at radius 2 is 2.18 bits per heavy atom. The minimum Gasteiger partial charge on any atom is -0.380 e. The first kappa shape index (κ1) is 14.5. The molecule has 1 atom stereocenters. The first-order valence-electron chi connectivity index (χ1n) is 6.15. The number of ether oxygens (including phenoxy) is 1. The Hall–Kier alpha value is -0.580. The Labute approximate surface area is 108 Å². The summed E-state index contributed by atoms with van der Waals surface area (Å²) in [5.74, 6) is 0. The zero-order valence-electron chi connectivity index (χ0n) is 10.9. The number of rotatable bonds is 7. The van der Waals surface area contributed by atoms with Gasteiger partial charge in [-0.15, -0.1) is 0 Å². The monoisotopic (exact) mass is 259 g/mol. The van der Waals surface area contributed by atoms with Crippen LogP contribution in [0.5, 0.6) is 0 Å². The van der Waals surface area contributed by atoms with E-state index in [1.165, 1.54) is 0 Å². The molecular formula is C12H22ClN3O. The molecule has 1 unspecified atom stereocenters. The van der Waals surface area contributed by atoms with Gasteiger partial charge in [-0.25, -0.2) is 0 Å². The molecule has 4 nitrogen and oxygen atoms in total. The van der Waals surface area contributed by atoms with Crippen LogP contribution in [0.25, 0.3) is 0 Å². The molecule has 5 heteroatoms. The van der Waals surface area contributed by atoms with Crippen LogP contribution < -0.4 is 5.73 Å². The fourth-order valence-electron chi connectivity index (χ4n) is 1.75. The van der Waals surface area contributed by atoms with E-state index >= 15 is 0 Å². The molecule has 0 saturated carbocycles. The highest BCUT2D eigenvalue weighted by atomic mass is 35.5. The van der Waals surface area contributed by atoms with E-state index in [2.05, 4.69) is 12.0 Å². The van der Waals surface area contributed by atoms with Crippen molar-refractivity contribution in [2.45, 2.75) is 46.2 Å². The Morgan fingerprint density at radius 3 is 2.76 bits per heavy atom. The molecule has 0 aliphatic rings. The summed E-state index contributed by atoms with van der Waals surface area (Å²) in [5.41, 5.74) is 7.90. The van der Waals surface area contributed by atoms with Crippen LogP contribution in [0.15, 0.2) is 0 Å². The maximum absolute atomic E-state index is 6.22. The molecule has 0 aromatic carbocycles. The standard InChI is InChI=1S/C12H22ClN3O/c1-4-6-17-8-10(14)7-11-12(13)9(3)15-16(11)5-2/h10H,4-8,14H2,1-3H3. The Bertz CT molecular complexity index is 352. The van der Waals surface area contributed by atoms with E-state index in [-0.39, 0.29) is 6.04 Å². The topological polar surface area (TPSA) is 53.1 Å². The molecule has 1 aromatic rings. The molecule has 0 radical (unpaired) electrons. The second-order valence-corrected chi connectivity index (χ2v) is 4.58. The molecule has 0 fully saturated rings. The summed E-state index contributed by atoms with van der Waals surface area (Å²) in [6, 6.07) is -0.0274. The zero-order chi connectivity index (χ0) is 12.8. The average molecular weight is 260 g/mol. The van der Waals surface area contributed by atoms with Gasteiger partial charge >= 0.3 is 0 Å². The second-order valence-electron chi connectivity index (χ2n) is 4.20. The zero-order valence-corrected chi connectivity index (χ0v) is 11.6. The number of aromatic nitrogens is 2. The lowest BCUT2D eigenvalue weighted by atomic mass is 10.1. The van der Waals surface area contributed by atoms with Crippen molar-refractivity contribution >= 4 is 11.6 Å². The van der Waals surface area contributed by atoms with Gasteiger partial charge in [-0.05, 0) is 20.3 Å². The van der Waals surface area contributed by atoms with Gasteiger partial charge < -0.3 is 10.5 Å². The summed E-state index contributed by atoms with van der Waals surface area (Å²) in [7, 11) is 0. The van der Waals surface area contributed by atoms with Crippen LogP contribution in [-0.4, -0.2) is 29.0 Å². The molecule has 0 amide bonds. The molecule has 0 spiro atoms. The smallest absolute Gasteiger partial charge is 0.0847 e. The van der Waals surface area contributed by atoms with Gasteiger partial charge in [0, 0.05) is 25.6 Å². The average Bonchev–Trinajstić information content (AvgIpc) is 2.57. The fraction of sp³-hybridized carbons (Fsp3) is 0.750. The van der Waals surface area contributed by atoms with E-state index in [4.69, 9.17) is 22.1 Å². The van der Waals surface area contributed by atoms with E-state index in [9.17, 15) is 0 Å². The van der Waals surface area contributed by atoms with Gasteiger partial charge in [-0.3, -0.25) is 4.68 Å². The normalized spacial score (nSPS) is 13.0. The molecule has 0 aliphatic heterocycles. The largest absolute Gasteiger partial charge is 0.380 e. The Kier molecular flexibility index (Phi) is 5.95. The predicted octanol–water partition coefficient (Wildman–Crippen LogP) is 2.16. The van der Waals surface area contributed by atoms with Gasteiger partial charge in [0.15, 0.2) is 0 Å². The van der Waals surface area contributed by atoms with Gasteiger partial charge in [0.05, 0.1) is 23.0 Å². The number of halogens is 1. The second kappa shape index (κ2) is 6.99. The lowest BCUT2D eigenvalue weighted by Crippen LogP contribution is -2.30. The van der Waals surface area contributed by atoms with Crippen molar-refractivity contribution in [3.8, 4) is 0 Å². The maximum Gasteiger partial charge on any atom is 0.0847 e. The molecule has 1 rings (SSSR count). The summed E-state index contributed by atoms with van der Waals surface area (Å²) in [6.07, 6.45) is 1.72. The van der Waals surface area contributed by atoms with Gasteiger partial charge in [0.25, 0.3) is 0 Å². The van der Waals surface area contributed by atoms with Crippen molar-refractivity contribution in [2.75, 3.05) is 13.2 Å². The predicted molar refractivity (Wildman–Crippen MR) is 70.4 cm³/mol. The molecule has 0 aliphatic carbocycles. The van der Waals surface area contributed by atoms with Crippen LogP contribution in [0.1, 0.15) is 31.7 Å². The van der Waals surface area contributed by atoms with Gasteiger partial charge in [0.1, 0.15) is 0 Å². The minimum absolute atomic E-state index is 0.0274. The number of nitrogens with zero attached hydrogens (tertiary/aromatic N) is 2. The van der Waals surface area contributed by atoms with Crippen molar-refractivity contribution in [3.05, 3.63) is 16.4 Å². The first-order chi connectivity index (χ1) is 8.10. The van der Waals surface area contributed by atoms with Crippen molar-refractivity contribution in [2.24, 2.45) is 5.73 Å². The third-order valence-corrected chi connectivity index (χ3v) is 3.08. The lowest BCUT2D eigenvalue weighted by Gasteiger charge is -2.13. The number of hydrogen-bond acceptors (Lipinski definition) is 3.